The molecule has 112 valence electrons. The van der Waals surface area contributed by atoms with Gasteiger partial charge in [-0.2, -0.15) is 0 Å². The molecule has 21 heavy (non-hydrogen) atoms. The van der Waals surface area contributed by atoms with Crippen molar-refractivity contribution in [2.45, 2.75) is 32.9 Å². The van der Waals surface area contributed by atoms with Crippen molar-refractivity contribution in [2.24, 2.45) is 0 Å². The third-order valence-corrected chi connectivity index (χ3v) is 3.78. The van der Waals surface area contributed by atoms with Gasteiger partial charge in [0.2, 0.25) is 0 Å². The molecule has 0 radical (unpaired) electrons. The summed E-state index contributed by atoms with van der Waals surface area (Å²) in [5.41, 5.74) is 2.97. The molecule has 0 saturated heterocycles. The van der Waals surface area contributed by atoms with E-state index in [0.29, 0.717) is 12.3 Å². The molecular formula is C18H23NO2. The molecule has 0 bridgehead atoms. The molecule has 0 saturated carbocycles. The van der Waals surface area contributed by atoms with Crippen molar-refractivity contribution in [1.82, 2.24) is 5.32 Å². The molecular weight excluding hydrogens is 262 g/mol. The van der Waals surface area contributed by atoms with Crippen LogP contribution < -0.4 is 10.1 Å². The summed E-state index contributed by atoms with van der Waals surface area (Å²) in [5.74, 6) is 1.27. The first kappa shape index (κ1) is 15.4. The fourth-order valence-electron chi connectivity index (χ4n) is 2.52. The van der Waals surface area contributed by atoms with E-state index >= 15 is 0 Å². The number of methoxy groups -OCH3 is 1. The quantitative estimate of drug-likeness (QED) is 0.844. The van der Waals surface area contributed by atoms with Crippen LogP contribution in [0.1, 0.15) is 36.1 Å². The third-order valence-electron chi connectivity index (χ3n) is 3.78. The van der Waals surface area contributed by atoms with E-state index in [1.807, 2.05) is 43.3 Å². The number of aromatic hydroxyl groups is 1. The molecule has 1 atom stereocenters. The van der Waals surface area contributed by atoms with Crippen LogP contribution >= 0.6 is 0 Å². The Hall–Kier alpha value is -2.00. The van der Waals surface area contributed by atoms with Crippen molar-refractivity contribution in [2.75, 3.05) is 7.11 Å². The van der Waals surface area contributed by atoms with Gasteiger partial charge in [-0.05, 0) is 25.0 Å². The van der Waals surface area contributed by atoms with Crippen LogP contribution in [-0.4, -0.2) is 12.2 Å². The van der Waals surface area contributed by atoms with Crippen LogP contribution in [0, 0.1) is 6.92 Å². The van der Waals surface area contributed by atoms with E-state index in [2.05, 4.69) is 18.3 Å². The fraction of sp³-hybridized carbons (Fsp3) is 0.333. The first-order valence-electron chi connectivity index (χ1n) is 7.31. The maximum absolute atomic E-state index is 10.1. The number of para-hydroxylation sites is 2. The van der Waals surface area contributed by atoms with E-state index in [1.54, 1.807) is 7.11 Å². The second kappa shape index (κ2) is 7.14. The summed E-state index contributed by atoms with van der Waals surface area (Å²) in [5, 5.41) is 13.6. The van der Waals surface area contributed by atoms with E-state index < -0.39 is 0 Å². The van der Waals surface area contributed by atoms with Crippen LogP contribution in [-0.2, 0) is 6.54 Å². The molecule has 1 unspecified atom stereocenters. The van der Waals surface area contributed by atoms with Crippen LogP contribution in [0.5, 0.6) is 11.5 Å². The van der Waals surface area contributed by atoms with Crippen LogP contribution in [0.4, 0.5) is 0 Å². The van der Waals surface area contributed by atoms with Crippen LogP contribution in [0.15, 0.2) is 42.5 Å². The first-order chi connectivity index (χ1) is 10.2. The summed E-state index contributed by atoms with van der Waals surface area (Å²) in [6.45, 7) is 4.68. The minimum Gasteiger partial charge on any atom is -0.507 e. The average Bonchev–Trinajstić information content (AvgIpc) is 2.52. The first-order valence-corrected chi connectivity index (χ1v) is 7.31. The molecule has 0 aliphatic heterocycles. The van der Waals surface area contributed by atoms with Gasteiger partial charge >= 0.3 is 0 Å². The third kappa shape index (κ3) is 3.56. The summed E-state index contributed by atoms with van der Waals surface area (Å²) in [6, 6.07) is 14.1. The standard InChI is InChI=1S/C18H23NO2/c1-4-16(15-10-5-6-11-17(15)21-3)19-12-14-9-7-8-13(2)18(14)20/h5-11,16,19-20H,4,12H2,1-3H3. The molecule has 3 heteroatoms. The SMILES string of the molecule is CCC(NCc1cccc(C)c1O)c1ccccc1OC. The van der Waals surface area contributed by atoms with Crippen molar-refractivity contribution >= 4 is 0 Å². The van der Waals surface area contributed by atoms with Crippen LogP contribution in [0.25, 0.3) is 0 Å². The van der Waals surface area contributed by atoms with Crippen molar-refractivity contribution in [1.29, 1.82) is 0 Å². The van der Waals surface area contributed by atoms with Crippen molar-refractivity contribution in [3.8, 4) is 11.5 Å². The Morgan fingerprint density at radius 2 is 1.90 bits per heavy atom. The van der Waals surface area contributed by atoms with Gasteiger partial charge in [-0.1, -0.05) is 43.3 Å². The Morgan fingerprint density at radius 1 is 1.14 bits per heavy atom. The minimum atomic E-state index is 0.195. The second-order valence-electron chi connectivity index (χ2n) is 5.17. The summed E-state index contributed by atoms with van der Waals surface area (Å²) < 4.78 is 5.43. The van der Waals surface area contributed by atoms with Crippen molar-refractivity contribution in [3.63, 3.8) is 0 Å². The molecule has 2 rings (SSSR count). The minimum absolute atomic E-state index is 0.195. The Labute approximate surface area is 126 Å². The van der Waals surface area contributed by atoms with Gasteiger partial charge in [0, 0.05) is 23.7 Å². The largest absolute Gasteiger partial charge is 0.507 e. The molecule has 0 amide bonds. The number of aryl methyl sites for hydroxylation is 1. The molecule has 0 fully saturated rings. The normalized spacial score (nSPS) is 12.1. The number of hydrogen-bond donors (Lipinski definition) is 2. The van der Waals surface area contributed by atoms with Crippen LogP contribution in [0.2, 0.25) is 0 Å². The van der Waals surface area contributed by atoms with Gasteiger partial charge < -0.3 is 15.2 Å². The number of phenols is 1. The van der Waals surface area contributed by atoms with Gasteiger partial charge in [0.05, 0.1) is 7.11 Å². The molecule has 0 aliphatic carbocycles. The summed E-state index contributed by atoms with van der Waals surface area (Å²) in [7, 11) is 1.69. The maximum Gasteiger partial charge on any atom is 0.123 e. The zero-order valence-corrected chi connectivity index (χ0v) is 12.9. The van der Waals surface area contributed by atoms with Gasteiger partial charge in [0.1, 0.15) is 11.5 Å². The number of hydrogen-bond acceptors (Lipinski definition) is 3. The van der Waals surface area contributed by atoms with Gasteiger partial charge in [0.15, 0.2) is 0 Å². The lowest BCUT2D eigenvalue weighted by Gasteiger charge is -2.20. The van der Waals surface area contributed by atoms with Gasteiger partial charge in [-0.3, -0.25) is 0 Å². The molecule has 2 aromatic rings. The fourth-order valence-corrected chi connectivity index (χ4v) is 2.52. The number of benzene rings is 2. The predicted octanol–water partition coefficient (Wildman–Crippen LogP) is 3.95. The van der Waals surface area contributed by atoms with Crippen LogP contribution in [0.3, 0.4) is 0 Å². The van der Waals surface area contributed by atoms with Gasteiger partial charge in [-0.15, -0.1) is 0 Å². The summed E-state index contributed by atoms with van der Waals surface area (Å²) in [4.78, 5) is 0. The lowest BCUT2D eigenvalue weighted by Crippen LogP contribution is -2.21. The number of nitrogens with one attached hydrogen (secondary N) is 1. The highest BCUT2D eigenvalue weighted by molar-refractivity contribution is 5.40. The monoisotopic (exact) mass is 285 g/mol. The second-order valence-corrected chi connectivity index (χ2v) is 5.17. The zero-order valence-electron chi connectivity index (χ0n) is 12.9. The van der Waals surface area contributed by atoms with E-state index in [9.17, 15) is 5.11 Å². The zero-order chi connectivity index (χ0) is 15.2. The summed E-state index contributed by atoms with van der Waals surface area (Å²) in [6.07, 6.45) is 0.951. The molecule has 2 aromatic carbocycles. The number of ether oxygens (including phenoxy) is 1. The molecule has 0 heterocycles. The Morgan fingerprint density at radius 3 is 2.62 bits per heavy atom. The molecule has 0 aromatic heterocycles. The Kier molecular flexibility index (Phi) is 5.23. The molecule has 0 spiro atoms. The molecule has 3 nitrogen and oxygen atoms in total. The van der Waals surface area contributed by atoms with E-state index in [4.69, 9.17) is 4.74 Å². The van der Waals surface area contributed by atoms with E-state index in [1.165, 1.54) is 0 Å². The smallest absolute Gasteiger partial charge is 0.123 e. The highest BCUT2D eigenvalue weighted by Crippen LogP contribution is 2.28. The lowest BCUT2D eigenvalue weighted by atomic mass is 10.0. The van der Waals surface area contributed by atoms with E-state index in [-0.39, 0.29) is 6.04 Å². The Bertz CT molecular complexity index is 596. The highest BCUT2D eigenvalue weighted by atomic mass is 16.5. The average molecular weight is 285 g/mol. The summed E-state index contributed by atoms with van der Waals surface area (Å²) >= 11 is 0. The van der Waals surface area contributed by atoms with Gasteiger partial charge in [-0.25, -0.2) is 0 Å². The Balaban J connectivity index is 2.14. The highest BCUT2D eigenvalue weighted by Gasteiger charge is 2.14. The molecule has 0 aliphatic rings. The number of phenolic OH excluding ortho intramolecular Hbond substituents is 1. The predicted molar refractivity (Wildman–Crippen MR) is 85.7 cm³/mol. The molecule has 2 N–H and O–H groups in total. The maximum atomic E-state index is 10.1. The number of rotatable bonds is 6. The topological polar surface area (TPSA) is 41.5 Å². The van der Waals surface area contributed by atoms with Crippen molar-refractivity contribution < 1.29 is 9.84 Å². The van der Waals surface area contributed by atoms with Gasteiger partial charge in [0.25, 0.3) is 0 Å². The van der Waals surface area contributed by atoms with E-state index in [0.717, 1.165) is 28.9 Å². The van der Waals surface area contributed by atoms with Crippen molar-refractivity contribution in [3.05, 3.63) is 59.2 Å². The lowest BCUT2D eigenvalue weighted by molar-refractivity contribution is 0.395.